The number of amides is 1. The lowest BCUT2D eigenvalue weighted by Crippen LogP contribution is -2.29. The number of carbonyl (C=O) groups is 1. The van der Waals surface area contributed by atoms with Crippen LogP contribution in [0.15, 0.2) is 53.4 Å². The minimum Gasteiger partial charge on any atom is -0.352 e. The van der Waals surface area contributed by atoms with Crippen LogP contribution in [0.1, 0.15) is 35.7 Å². The Morgan fingerprint density at radius 2 is 1.92 bits per heavy atom. The van der Waals surface area contributed by atoms with E-state index in [1.54, 1.807) is 48.5 Å². The number of fused-ring (bicyclic) bond motifs is 1. The first-order valence-corrected chi connectivity index (χ1v) is 9.97. The standard InChI is InChI=1S/C19H22N2O3S/c1-2-3-12-20-19(22)16-9-10-18-15(14-16)11-13-21(18)25(23,24)17-7-5-4-6-8-17/h4-10,14H,2-3,11-13H2,1H3,(H,20,22). The van der Waals surface area contributed by atoms with E-state index in [1.165, 1.54) is 4.31 Å². The Hall–Kier alpha value is -2.34. The Morgan fingerprint density at radius 3 is 2.64 bits per heavy atom. The molecule has 6 heteroatoms. The number of sulfonamides is 1. The summed E-state index contributed by atoms with van der Waals surface area (Å²) in [6, 6.07) is 13.7. The van der Waals surface area contributed by atoms with Crippen molar-refractivity contribution in [3.8, 4) is 0 Å². The quantitative estimate of drug-likeness (QED) is 0.808. The largest absolute Gasteiger partial charge is 0.352 e. The van der Waals surface area contributed by atoms with Crippen molar-refractivity contribution in [3.63, 3.8) is 0 Å². The molecule has 3 rings (SSSR count). The van der Waals surface area contributed by atoms with Gasteiger partial charge in [0, 0.05) is 18.7 Å². The van der Waals surface area contributed by atoms with Crippen LogP contribution in [-0.2, 0) is 16.4 Å². The molecule has 2 aromatic rings. The number of carbonyl (C=O) groups excluding carboxylic acids is 1. The third-order valence-corrected chi connectivity index (χ3v) is 6.17. The van der Waals surface area contributed by atoms with Gasteiger partial charge in [0.25, 0.3) is 15.9 Å². The fourth-order valence-electron chi connectivity index (χ4n) is 2.96. The lowest BCUT2D eigenvalue weighted by Gasteiger charge is -2.19. The molecule has 1 heterocycles. The van der Waals surface area contributed by atoms with E-state index in [9.17, 15) is 13.2 Å². The van der Waals surface area contributed by atoms with Gasteiger partial charge in [0.15, 0.2) is 0 Å². The average molecular weight is 358 g/mol. The number of nitrogens with zero attached hydrogens (tertiary/aromatic N) is 1. The van der Waals surface area contributed by atoms with Gasteiger partial charge in [-0.05, 0) is 48.7 Å². The first-order valence-electron chi connectivity index (χ1n) is 8.53. The zero-order valence-corrected chi connectivity index (χ0v) is 15.1. The second-order valence-electron chi connectivity index (χ2n) is 6.09. The van der Waals surface area contributed by atoms with E-state index in [1.807, 2.05) is 0 Å². The summed E-state index contributed by atoms with van der Waals surface area (Å²) in [6.45, 7) is 3.12. The zero-order valence-electron chi connectivity index (χ0n) is 14.2. The fourth-order valence-corrected chi connectivity index (χ4v) is 4.49. The summed E-state index contributed by atoms with van der Waals surface area (Å²) >= 11 is 0. The number of nitrogens with one attached hydrogen (secondary N) is 1. The van der Waals surface area contributed by atoms with Gasteiger partial charge in [-0.25, -0.2) is 8.42 Å². The third kappa shape index (κ3) is 3.54. The van der Waals surface area contributed by atoms with Crippen LogP contribution in [0.25, 0.3) is 0 Å². The molecule has 0 aromatic heterocycles. The van der Waals surface area contributed by atoms with Crippen molar-refractivity contribution in [3.05, 3.63) is 59.7 Å². The van der Waals surface area contributed by atoms with Crippen molar-refractivity contribution < 1.29 is 13.2 Å². The molecule has 0 spiro atoms. The van der Waals surface area contributed by atoms with Crippen LogP contribution in [-0.4, -0.2) is 27.4 Å². The van der Waals surface area contributed by atoms with Gasteiger partial charge in [-0.15, -0.1) is 0 Å². The van der Waals surface area contributed by atoms with Crippen LogP contribution < -0.4 is 9.62 Å². The average Bonchev–Trinajstić information content (AvgIpc) is 3.06. The summed E-state index contributed by atoms with van der Waals surface area (Å²) in [5.41, 5.74) is 2.13. The molecule has 25 heavy (non-hydrogen) atoms. The van der Waals surface area contributed by atoms with Crippen LogP contribution in [0.2, 0.25) is 0 Å². The highest BCUT2D eigenvalue weighted by Gasteiger charge is 2.31. The van der Waals surface area contributed by atoms with Gasteiger partial charge < -0.3 is 5.32 Å². The maximum atomic E-state index is 12.8. The van der Waals surface area contributed by atoms with Crippen LogP contribution in [0, 0.1) is 0 Å². The number of rotatable bonds is 6. The number of anilines is 1. The molecule has 132 valence electrons. The summed E-state index contributed by atoms with van der Waals surface area (Å²) in [5.74, 6) is -0.111. The van der Waals surface area contributed by atoms with Crippen LogP contribution in [0.5, 0.6) is 0 Å². The highest BCUT2D eigenvalue weighted by atomic mass is 32.2. The van der Waals surface area contributed by atoms with Crippen molar-refractivity contribution in [1.82, 2.24) is 5.32 Å². The molecule has 1 aliphatic rings. The zero-order chi connectivity index (χ0) is 17.9. The van der Waals surface area contributed by atoms with Gasteiger partial charge in [0.1, 0.15) is 0 Å². The Kier molecular flexibility index (Phi) is 5.08. The van der Waals surface area contributed by atoms with Crippen LogP contribution in [0.3, 0.4) is 0 Å². The minimum atomic E-state index is -3.57. The van der Waals surface area contributed by atoms with Crippen LogP contribution in [0.4, 0.5) is 5.69 Å². The van der Waals surface area contributed by atoms with E-state index in [-0.39, 0.29) is 10.8 Å². The molecule has 0 saturated carbocycles. The van der Waals surface area contributed by atoms with Crippen molar-refractivity contribution in [2.45, 2.75) is 31.1 Å². The third-order valence-electron chi connectivity index (χ3n) is 4.34. The highest BCUT2D eigenvalue weighted by molar-refractivity contribution is 7.92. The molecule has 1 N–H and O–H groups in total. The molecule has 5 nitrogen and oxygen atoms in total. The van der Waals surface area contributed by atoms with Crippen molar-refractivity contribution in [2.75, 3.05) is 17.4 Å². The van der Waals surface area contributed by atoms with Gasteiger partial charge in [-0.2, -0.15) is 0 Å². The van der Waals surface area contributed by atoms with E-state index >= 15 is 0 Å². The van der Waals surface area contributed by atoms with Gasteiger partial charge in [-0.3, -0.25) is 9.10 Å². The van der Waals surface area contributed by atoms with Gasteiger partial charge in [0.05, 0.1) is 10.6 Å². The van der Waals surface area contributed by atoms with Gasteiger partial charge in [-0.1, -0.05) is 31.5 Å². The number of unbranched alkanes of at least 4 members (excludes halogenated alkanes) is 1. The lowest BCUT2D eigenvalue weighted by molar-refractivity contribution is 0.0953. The summed E-state index contributed by atoms with van der Waals surface area (Å²) in [6.07, 6.45) is 2.58. The lowest BCUT2D eigenvalue weighted by atomic mass is 10.1. The molecule has 0 unspecified atom stereocenters. The second-order valence-corrected chi connectivity index (χ2v) is 7.96. The maximum Gasteiger partial charge on any atom is 0.264 e. The first-order chi connectivity index (χ1) is 12.0. The summed E-state index contributed by atoms with van der Waals surface area (Å²) in [5, 5.41) is 2.89. The molecule has 1 amide bonds. The molecule has 0 saturated heterocycles. The number of hydrogen-bond donors (Lipinski definition) is 1. The molecule has 2 aromatic carbocycles. The maximum absolute atomic E-state index is 12.8. The number of benzene rings is 2. The van der Waals surface area contributed by atoms with E-state index in [0.717, 1.165) is 18.4 Å². The molecular formula is C19H22N2O3S. The van der Waals surface area contributed by atoms with E-state index in [0.29, 0.717) is 30.8 Å². The van der Waals surface area contributed by atoms with Crippen molar-refractivity contribution in [2.24, 2.45) is 0 Å². The predicted octanol–water partition coefficient (Wildman–Crippen LogP) is 2.97. The van der Waals surface area contributed by atoms with E-state index < -0.39 is 10.0 Å². The summed E-state index contributed by atoms with van der Waals surface area (Å²) in [4.78, 5) is 12.5. The molecular weight excluding hydrogens is 336 g/mol. The Balaban J connectivity index is 1.83. The SMILES string of the molecule is CCCCNC(=O)c1ccc2c(c1)CCN2S(=O)(=O)c1ccccc1. The fraction of sp³-hybridized carbons (Fsp3) is 0.316. The topological polar surface area (TPSA) is 66.5 Å². The van der Waals surface area contributed by atoms with E-state index in [2.05, 4.69) is 12.2 Å². The molecule has 0 aliphatic carbocycles. The molecule has 0 radical (unpaired) electrons. The Bertz CT molecular complexity index is 863. The molecule has 0 atom stereocenters. The smallest absolute Gasteiger partial charge is 0.264 e. The van der Waals surface area contributed by atoms with Gasteiger partial charge in [0.2, 0.25) is 0 Å². The first kappa shape index (κ1) is 17.5. The Morgan fingerprint density at radius 1 is 1.16 bits per heavy atom. The summed E-state index contributed by atoms with van der Waals surface area (Å²) in [7, 11) is -3.57. The van der Waals surface area contributed by atoms with Gasteiger partial charge >= 0.3 is 0 Å². The molecule has 0 fully saturated rings. The normalized spacial score (nSPS) is 13.6. The second kappa shape index (κ2) is 7.27. The molecule has 0 bridgehead atoms. The summed E-state index contributed by atoms with van der Waals surface area (Å²) < 4.78 is 27.1. The monoisotopic (exact) mass is 358 g/mol. The Labute approximate surface area is 148 Å². The van der Waals surface area contributed by atoms with Crippen molar-refractivity contribution in [1.29, 1.82) is 0 Å². The minimum absolute atomic E-state index is 0.111. The number of hydrogen-bond acceptors (Lipinski definition) is 3. The highest BCUT2D eigenvalue weighted by Crippen LogP contribution is 2.33. The molecule has 1 aliphatic heterocycles. The predicted molar refractivity (Wildman–Crippen MR) is 98.4 cm³/mol. The van der Waals surface area contributed by atoms with Crippen LogP contribution >= 0.6 is 0 Å². The van der Waals surface area contributed by atoms with Crippen molar-refractivity contribution >= 4 is 21.6 Å². The van der Waals surface area contributed by atoms with E-state index in [4.69, 9.17) is 0 Å².